The Morgan fingerprint density at radius 1 is 0.941 bits per heavy atom. The first kappa shape index (κ1) is 11.7. The molecule has 2 aromatic rings. The van der Waals surface area contributed by atoms with Crippen LogP contribution in [-0.2, 0) is 6.54 Å². The minimum atomic E-state index is -0.814. The maximum atomic E-state index is 13.8. The molecule has 2 N–H and O–H groups in total. The molecule has 88 valence electrons. The molecule has 0 atom stereocenters. The summed E-state index contributed by atoms with van der Waals surface area (Å²) in [6, 6.07) is 10.3. The first-order valence-electron chi connectivity index (χ1n) is 5.38. The van der Waals surface area contributed by atoms with Gasteiger partial charge >= 0.3 is 0 Å². The SMILES string of the molecule is Cc1ccc(-c2ccccc2CN)c(F)c1F. The molecule has 1 nitrogen and oxygen atoms in total. The molecule has 0 fully saturated rings. The lowest BCUT2D eigenvalue weighted by Gasteiger charge is -2.10. The molecular formula is C14H13F2N. The first-order chi connectivity index (χ1) is 8.15. The summed E-state index contributed by atoms with van der Waals surface area (Å²) < 4.78 is 27.4. The number of aryl methyl sites for hydroxylation is 1. The van der Waals surface area contributed by atoms with E-state index in [0.29, 0.717) is 17.7 Å². The summed E-state index contributed by atoms with van der Waals surface area (Å²) in [4.78, 5) is 0. The zero-order chi connectivity index (χ0) is 12.4. The van der Waals surface area contributed by atoms with Gasteiger partial charge in [-0.1, -0.05) is 36.4 Å². The van der Waals surface area contributed by atoms with Crippen molar-refractivity contribution in [3.8, 4) is 11.1 Å². The minimum absolute atomic E-state index is 0.258. The van der Waals surface area contributed by atoms with Gasteiger partial charge in [0, 0.05) is 12.1 Å². The van der Waals surface area contributed by atoms with Gasteiger partial charge in [0.05, 0.1) is 0 Å². The van der Waals surface area contributed by atoms with E-state index in [1.54, 1.807) is 24.3 Å². The van der Waals surface area contributed by atoms with E-state index in [1.807, 2.05) is 12.1 Å². The van der Waals surface area contributed by atoms with Crippen molar-refractivity contribution in [3.63, 3.8) is 0 Å². The maximum absolute atomic E-state index is 13.8. The van der Waals surface area contributed by atoms with Gasteiger partial charge in [-0.25, -0.2) is 8.78 Å². The van der Waals surface area contributed by atoms with Crippen molar-refractivity contribution >= 4 is 0 Å². The van der Waals surface area contributed by atoms with Crippen LogP contribution in [0.25, 0.3) is 11.1 Å². The number of hydrogen-bond acceptors (Lipinski definition) is 1. The number of halogens is 2. The van der Waals surface area contributed by atoms with E-state index in [9.17, 15) is 8.78 Å². The van der Waals surface area contributed by atoms with Crippen molar-refractivity contribution in [1.82, 2.24) is 0 Å². The lowest BCUT2D eigenvalue weighted by atomic mass is 9.98. The van der Waals surface area contributed by atoms with Gasteiger partial charge in [-0.15, -0.1) is 0 Å². The van der Waals surface area contributed by atoms with E-state index in [4.69, 9.17) is 5.73 Å². The molecule has 2 rings (SSSR count). The average Bonchev–Trinajstić information content (AvgIpc) is 2.36. The van der Waals surface area contributed by atoms with Crippen molar-refractivity contribution in [1.29, 1.82) is 0 Å². The second-order valence-corrected chi connectivity index (χ2v) is 3.92. The minimum Gasteiger partial charge on any atom is -0.326 e. The molecule has 17 heavy (non-hydrogen) atoms. The summed E-state index contributed by atoms with van der Waals surface area (Å²) in [5, 5.41) is 0. The molecule has 0 heterocycles. The van der Waals surface area contributed by atoms with Crippen LogP contribution in [0.1, 0.15) is 11.1 Å². The average molecular weight is 233 g/mol. The smallest absolute Gasteiger partial charge is 0.166 e. The Balaban J connectivity index is 2.65. The molecule has 3 heteroatoms. The quantitative estimate of drug-likeness (QED) is 0.845. The lowest BCUT2D eigenvalue weighted by molar-refractivity contribution is 0.505. The third kappa shape index (κ3) is 2.06. The molecule has 0 aliphatic carbocycles. The summed E-state index contributed by atoms with van der Waals surface area (Å²) in [6.45, 7) is 1.84. The van der Waals surface area contributed by atoms with Gasteiger partial charge in [-0.05, 0) is 23.6 Å². The fourth-order valence-electron chi connectivity index (χ4n) is 1.82. The van der Waals surface area contributed by atoms with Gasteiger partial charge in [0.2, 0.25) is 0 Å². The van der Waals surface area contributed by atoms with Crippen molar-refractivity contribution in [2.24, 2.45) is 5.73 Å². The Labute approximate surface area is 98.9 Å². The molecule has 0 aliphatic rings. The van der Waals surface area contributed by atoms with Crippen LogP contribution in [0, 0.1) is 18.6 Å². The highest BCUT2D eigenvalue weighted by molar-refractivity contribution is 5.68. The van der Waals surface area contributed by atoms with Gasteiger partial charge in [-0.2, -0.15) is 0 Å². The molecular weight excluding hydrogens is 220 g/mol. The summed E-state index contributed by atoms with van der Waals surface area (Å²) >= 11 is 0. The van der Waals surface area contributed by atoms with E-state index in [2.05, 4.69) is 0 Å². The fraction of sp³-hybridized carbons (Fsp3) is 0.143. The van der Waals surface area contributed by atoms with Crippen LogP contribution in [0.15, 0.2) is 36.4 Å². The number of hydrogen-bond donors (Lipinski definition) is 1. The van der Waals surface area contributed by atoms with Crippen LogP contribution in [0.5, 0.6) is 0 Å². The molecule has 0 spiro atoms. The molecule has 0 amide bonds. The molecule has 0 bridgehead atoms. The van der Waals surface area contributed by atoms with E-state index < -0.39 is 11.6 Å². The maximum Gasteiger partial charge on any atom is 0.166 e. The van der Waals surface area contributed by atoms with Crippen LogP contribution in [0.3, 0.4) is 0 Å². The summed E-state index contributed by atoms with van der Waals surface area (Å²) in [5.41, 5.74) is 7.60. The molecule has 0 unspecified atom stereocenters. The summed E-state index contributed by atoms with van der Waals surface area (Å²) in [7, 11) is 0. The van der Waals surface area contributed by atoms with Crippen LogP contribution in [0.2, 0.25) is 0 Å². The van der Waals surface area contributed by atoms with Crippen LogP contribution < -0.4 is 5.73 Å². The highest BCUT2D eigenvalue weighted by Crippen LogP contribution is 2.28. The topological polar surface area (TPSA) is 26.0 Å². The Bertz CT molecular complexity index is 550. The Hall–Kier alpha value is -1.74. The summed E-state index contributed by atoms with van der Waals surface area (Å²) in [6.07, 6.45) is 0. The fourth-order valence-corrected chi connectivity index (χ4v) is 1.82. The van der Waals surface area contributed by atoms with Crippen molar-refractivity contribution in [2.75, 3.05) is 0 Å². The monoisotopic (exact) mass is 233 g/mol. The van der Waals surface area contributed by atoms with Crippen molar-refractivity contribution < 1.29 is 8.78 Å². The van der Waals surface area contributed by atoms with Gasteiger partial charge in [0.1, 0.15) is 0 Å². The molecule has 0 saturated carbocycles. The second-order valence-electron chi connectivity index (χ2n) is 3.92. The van der Waals surface area contributed by atoms with Gasteiger partial charge < -0.3 is 5.73 Å². The first-order valence-corrected chi connectivity index (χ1v) is 5.38. The van der Waals surface area contributed by atoms with Crippen LogP contribution in [0.4, 0.5) is 8.78 Å². The van der Waals surface area contributed by atoms with E-state index in [-0.39, 0.29) is 5.56 Å². The predicted molar refractivity (Wildman–Crippen MR) is 64.4 cm³/mol. The van der Waals surface area contributed by atoms with E-state index >= 15 is 0 Å². The molecule has 2 aromatic carbocycles. The highest BCUT2D eigenvalue weighted by atomic mass is 19.2. The Kier molecular flexibility index (Phi) is 3.20. The zero-order valence-corrected chi connectivity index (χ0v) is 9.50. The van der Waals surface area contributed by atoms with Crippen molar-refractivity contribution in [2.45, 2.75) is 13.5 Å². The van der Waals surface area contributed by atoms with Crippen molar-refractivity contribution in [3.05, 3.63) is 59.2 Å². The normalized spacial score (nSPS) is 10.6. The third-order valence-electron chi connectivity index (χ3n) is 2.80. The van der Waals surface area contributed by atoms with E-state index in [1.165, 1.54) is 6.92 Å². The predicted octanol–water partition coefficient (Wildman–Crippen LogP) is 3.40. The molecule has 0 aliphatic heterocycles. The summed E-state index contributed by atoms with van der Waals surface area (Å²) in [5.74, 6) is -1.61. The number of rotatable bonds is 2. The molecule has 0 radical (unpaired) electrons. The van der Waals surface area contributed by atoms with E-state index in [0.717, 1.165) is 5.56 Å². The van der Waals surface area contributed by atoms with Crippen LogP contribution in [-0.4, -0.2) is 0 Å². The molecule has 0 aromatic heterocycles. The zero-order valence-electron chi connectivity index (χ0n) is 9.50. The standard InChI is InChI=1S/C14H13F2N/c1-9-6-7-12(14(16)13(9)15)11-5-3-2-4-10(11)8-17/h2-7H,8,17H2,1H3. The number of benzene rings is 2. The largest absolute Gasteiger partial charge is 0.326 e. The lowest BCUT2D eigenvalue weighted by Crippen LogP contribution is -2.01. The molecule has 0 saturated heterocycles. The van der Waals surface area contributed by atoms with Gasteiger partial charge in [-0.3, -0.25) is 0 Å². The van der Waals surface area contributed by atoms with Crippen LogP contribution >= 0.6 is 0 Å². The second kappa shape index (κ2) is 4.63. The Morgan fingerprint density at radius 3 is 2.35 bits per heavy atom. The Morgan fingerprint density at radius 2 is 1.65 bits per heavy atom. The van der Waals surface area contributed by atoms with Gasteiger partial charge in [0.15, 0.2) is 11.6 Å². The van der Waals surface area contributed by atoms with Gasteiger partial charge in [0.25, 0.3) is 0 Å². The highest BCUT2D eigenvalue weighted by Gasteiger charge is 2.14. The third-order valence-corrected chi connectivity index (χ3v) is 2.80. The number of nitrogens with two attached hydrogens (primary N) is 1.